The number of aromatic nitrogens is 4. The van der Waals surface area contributed by atoms with Crippen molar-refractivity contribution >= 4 is 21.9 Å². The summed E-state index contributed by atoms with van der Waals surface area (Å²) in [7, 11) is 1.76. The average Bonchev–Trinajstić information content (AvgIpc) is 2.74. The van der Waals surface area contributed by atoms with Gasteiger partial charge in [0.15, 0.2) is 5.82 Å². The van der Waals surface area contributed by atoms with Crippen molar-refractivity contribution < 1.29 is 9.90 Å². The lowest BCUT2D eigenvalue weighted by Gasteiger charge is -2.01. The smallest absolute Gasteiger partial charge is 0.352 e. The minimum atomic E-state index is -0.971. The topological polar surface area (TPSA) is 72.9 Å². The minimum Gasteiger partial charge on any atom is -0.477 e. The van der Waals surface area contributed by atoms with Crippen LogP contribution in [0.4, 0.5) is 0 Å². The Hall–Kier alpha value is -1.63. The van der Waals surface area contributed by atoms with E-state index in [4.69, 9.17) is 5.11 Å². The molecule has 2 heterocycles. The number of hydrogen-bond donors (Lipinski definition) is 1. The van der Waals surface area contributed by atoms with Crippen molar-refractivity contribution in [3.63, 3.8) is 0 Å². The van der Waals surface area contributed by atoms with E-state index in [1.165, 1.54) is 0 Å². The molecule has 2 aromatic rings. The summed E-state index contributed by atoms with van der Waals surface area (Å²) in [6, 6.07) is 1.55. The van der Waals surface area contributed by atoms with E-state index in [0.29, 0.717) is 12.4 Å². The van der Waals surface area contributed by atoms with Crippen LogP contribution in [0.15, 0.2) is 23.1 Å². The first-order valence-corrected chi connectivity index (χ1v) is 5.29. The highest BCUT2D eigenvalue weighted by molar-refractivity contribution is 9.10. The number of aromatic carboxylic acids is 1. The summed E-state index contributed by atoms with van der Waals surface area (Å²) in [4.78, 5) is 15.0. The fourth-order valence-corrected chi connectivity index (χ4v) is 1.86. The van der Waals surface area contributed by atoms with E-state index >= 15 is 0 Å². The van der Waals surface area contributed by atoms with Crippen LogP contribution in [-0.4, -0.2) is 30.4 Å². The number of rotatable bonds is 3. The third-order valence-corrected chi connectivity index (χ3v) is 2.47. The van der Waals surface area contributed by atoms with E-state index in [-0.39, 0.29) is 5.69 Å². The Morgan fingerprint density at radius 3 is 2.94 bits per heavy atom. The van der Waals surface area contributed by atoms with Crippen molar-refractivity contribution in [3.8, 4) is 0 Å². The van der Waals surface area contributed by atoms with Gasteiger partial charge in [-0.25, -0.2) is 9.78 Å². The van der Waals surface area contributed by atoms with E-state index in [1.54, 1.807) is 34.9 Å². The summed E-state index contributed by atoms with van der Waals surface area (Å²) in [5, 5.41) is 13.1. The second-order valence-electron chi connectivity index (χ2n) is 3.31. The van der Waals surface area contributed by atoms with Crippen molar-refractivity contribution in [1.29, 1.82) is 0 Å². The number of carboxylic acids is 1. The lowest BCUT2D eigenvalue weighted by Crippen LogP contribution is -2.09. The quantitative estimate of drug-likeness (QED) is 0.917. The van der Waals surface area contributed by atoms with Gasteiger partial charge < -0.3 is 9.67 Å². The van der Waals surface area contributed by atoms with Crippen molar-refractivity contribution in [2.24, 2.45) is 7.05 Å². The van der Waals surface area contributed by atoms with Crippen molar-refractivity contribution in [2.45, 2.75) is 6.54 Å². The first kappa shape index (κ1) is 10.9. The summed E-state index contributed by atoms with van der Waals surface area (Å²) in [6.45, 7) is 0.341. The maximum Gasteiger partial charge on any atom is 0.352 e. The second kappa shape index (κ2) is 4.09. The molecular formula is C9H9BrN4O2. The Bertz CT molecular complexity index is 531. The van der Waals surface area contributed by atoms with Crippen molar-refractivity contribution in [1.82, 2.24) is 19.3 Å². The molecule has 2 aromatic heterocycles. The highest BCUT2D eigenvalue weighted by Gasteiger charge is 2.12. The van der Waals surface area contributed by atoms with Gasteiger partial charge in [0.05, 0.1) is 6.54 Å². The number of carboxylic acid groups (broad SMARTS) is 1. The Kier molecular flexibility index (Phi) is 2.78. The maximum atomic E-state index is 10.9. The van der Waals surface area contributed by atoms with Crippen LogP contribution in [-0.2, 0) is 13.6 Å². The van der Waals surface area contributed by atoms with Crippen LogP contribution in [0.3, 0.4) is 0 Å². The monoisotopic (exact) mass is 284 g/mol. The number of carbonyl (C=O) groups is 1. The van der Waals surface area contributed by atoms with E-state index < -0.39 is 5.97 Å². The summed E-state index contributed by atoms with van der Waals surface area (Å²) < 4.78 is 3.89. The first-order valence-electron chi connectivity index (χ1n) is 4.50. The maximum absolute atomic E-state index is 10.9. The Balaban J connectivity index is 2.30. The first-order chi connectivity index (χ1) is 7.56. The summed E-state index contributed by atoms with van der Waals surface area (Å²) in [5.41, 5.74) is 0.208. The van der Waals surface area contributed by atoms with Gasteiger partial charge in [-0.05, 0) is 22.0 Å². The Morgan fingerprint density at radius 1 is 1.62 bits per heavy atom. The molecule has 0 amide bonds. The van der Waals surface area contributed by atoms with E-state index in [9.17, 15) is 4.79 Å². The van der Waals surface area contributed by atoms with Gasteiger partial charge in [0.1, 0.15) is 12.0 Å². The van der Waals surface area contributed by atoms with Gasteiger partial charge in [-0.2, -0.15) is 5.10 Å². The predicted octanol–water partition coefficient (Wildman–Crippen LogP) is 1.13. The molecule has 0 aliphatic rings. The van der Waals surface area contributed by atoms with Crippen LogP contribution in [0.2, 0.25) is 0 Å². The standard InChI is InChI=1S/C9H9BrN4O2/c1-13-5-11-8(12-13)4-14-3-6(10)2-7(14)9(15)16/h2-3,5H,4H2,1H3,(H,15,16). The van der Waals surface area contributed by atoms with Gasteiger partial charge in [0, 0.05) is 17.7 Å². The normalized spacial score (nSPS) is 10.6. The average molecular weight is 285 g/mol. The molecule has 2 rings (SSSR count). The highest BCUT2D eigenvalue weighted by atomic mass is 79.9. The molecule has 0 saturated carbocycles. The fraction of sp³-hybridized carbons (Fsp3) is 0.222. The van der Waals surface area contributed by atoms with Gasteiger partial charge in [-0.3, -0.25) is 4.68 Å². The Labute approximate surface area is 99.7 Å². The lowest BCUT2D eigenvalue weighted by molar-refractivity contribution is 0.0685. The molecule has 0 bridgehead atoms. The molecule has 1 N–H and O–H groups in total. The van der Waals surface area contributed by atoms with Gasteiger partial charge >= 0.3 is 5.97 Å². The van der Waals surface area contributed by atoms with E-state index in [2.05, 4.69) is 26.0 Å². The van der Waals surface area contributed by atoms with E-state index in [0.717, 1.165) is 4.47 Å². The molecule has 0 fully saturated rings. The molecule has 0 unspecified atom stereocenters. The van der Waals surface area contributed by atoms with Crippen LogP contribution in [0, 0.1) is 0 Å². The molecule has 16 heavy (non-hydrogen) atoms. The lowest BCUT2D eigenvalue weighted by atomic mass is 10.4. The van der Waals surface area contributed by atoms with Crippen LogP contribution >= 0.6 is 15.9 Å². The molecule has 0 aromatic carbocycles. The number of aryl methyl sites for hydroxylation is 1. The van der Waals surface area contributed by atoms with Crippen LogP contribution in [0.1, 0.15) is 16.3 Å². The second-order valence-corrected chi connectivity index (χ2v) is 4.23. The third-order valence-electron chi connectivity index (χ3n) is 2.04. The van der Waals surface area contributed by atoms with Crippen LogP contribution in [0.5, 0.6) is 0 Å². The molecular weight excluding hydrogens is 276 g/mol. The van der Waals surface area contributed by atoms with Gasteiger partial charge in [0.2, 0.25) is 0 Å². The predicted molar refractivity (Wildman–Crippen MR) is 59.2 cm³/mol. The summed E-state index contributed by atoms with van der Waals surface area (Å²) in [5.74, 6) is -0.394. The zero-order valence-electron chi connectivity index (χ0n) is 8.46. The van der Waals surface area contributed by atoms with E-state index in [1.807, 2.05) is 0 Å². The highest BCUT2D eigenvalue weighted by Crippen LogP contribution is 2.15. The van der Waals surface area contributed by atoms with Crippen molar-refractivity contribution in [3.05, 3.63) is 34.6 Å². The van der Waals surface area contributed by atoms with Crippen LogP contribution < -0.4 is 0 Å². The molecule has 7 heteroatoms. The third kappa shape index (κ3) is 2.13. The van der Waals surface area contributed by atoms with Crippen molar-refractivity contribution in [2.75, 3.05) is 0 Å². The van der Waals surface area contributed by atoms with Gasteiger partial charge in [-0.1, -0.05) is 0 Å². The molecule has 84 valence electrons. The minimum absolute atomic E-state index is 0.208. The summed E-state index contributed by atoms with van der Waals surface area (Å²) >= 11 is 3.24. The van der Waals surface area contributed by atoms with Gasteiger partial charge in [-0.15, -0.1) is 0 Å². The Morgan fingerprint density at radius 2 is 2.38 bits per heavy atom. The SMILES string of the molecule is Cn1cnc(Cn2cc(Br)cc2C(=O)O)n1. The summed E-state index contributed by atoms with van der Waals surface area (Å²) in [6.07, 6.45) is 3.27. The fourth-order valence-electron chi connectivity index (χ4n) is 1.39. The van der Waals surface area contributed by atoms with Gasteiger partial charge in [0.25, 0.3) is 0 Å². The molecule has 0 saturated heterocycles. The molecule has 0 radical (unpaired) electrons. The molecule has 0 aliphatic carbocycles. The molecule has 0 spiro atoms. The number of nitrogens with zero attached hydrogens (tertiary/aromatic N) is 4. The number of hydrogen-bond acceptors (Lipinski definition) is 3. The largest absolute Gasteiger partial charge is 0.477 e. The molecule has 0 atom stereocenters. The zero-order valence-corrected chi connectivity index (χ0v) is 10.0. The van der Waals surface area contributed by atoms with Crippen LogP contribution in [0.25, 0.3) is 0 Å². The zero-order chi connectivity index (χ0) is 11.7. The number of halogens is 1. The molecule has 0 aliphatic heterocycles. The molecule has 6 nitrogen and oxygen atoms in total.